The summed E-state index contributed by atoms with van der Waals surface area (Å²) in [6.45, 7) is 0.260. The van der Waals surface area contributed by atoms with E-state index in [0.717, 1.165) is 24.3 Å². The van der Waals surface area contributed by atoms with Crippen LogP contribution in [0, 0.1) is 5.92 Å². The number of oxime groups is 1. The molecule has 2 aliphatic rings. The molecule has 0 amide bonds. The minimum absolute atomic E-state index is 0.162. The Labute approximate surface area is 129 Å². The average Bonchev–Trinajstić information content (AvgIpc) is 2.59. The minimum atomic E-state index is 0.162. The van der Waals surface area contributed by atoms with Gasteiger partial charge in [-0.2, -0.15) is 0 Å². The van der Waals surface area contributed by atoms with Crippen LogP contribution in [0.25, 0.3) is 10.4 Å². The van der Waals surface area contributed by atoms with Crippen LogP contribution < -0.4 is 4.74 Å². The number of hydrogen-bond acceptors (Lipinski definition) is 4. The Balaban J connectivity index is 1.94. The van der Waals surface area contributed by atoms with Crippen LogP contribution in [0.4, 0.5) is 0 Å². The van der Waals surface area contributed by atoms with Gasteiger partial charge < -0.3 is 9.57 Å². The topological polar surface area (TPSA) is 79.6 Å². The van der Waals surface area contributed by atoms with Gasteiger partial charge in [-0.25, -0.2) is 0 Å². The van der Waals surface area contributed by atoms with Crippen LogP contribution in [0.1, 0.15) is 37.2 Å². The molecule has 3 rings (SSSR count). The lowest BCUT2D eigenvalue weighted by Gasteiger charge is -2.39. The van der Waals surface area contributed by atoms with Gasteiger partial charge in [0, 0.05) is 16.7 Å². The highest BCUT2D eigenvalue weighted by atomic mass is 16.6. The van der Waals surface area contributed by atoms with Crippen molar-refractivity contribution in [2.24, 2.45) is 16.2 Å². The number of fused-ring (bicyclic) bond motifs is 1. The largest absolute Gasteiger partial charge is 0.497 e. The number of methoxy groups -OCH3 is 1. The number of rotatable bonds is 4. The highest BCUT2D eigenvalue weighted by molar-refractivity contribution is 5.93. The van der Waals surface area contributed by atoms with E-state index < -0.39 is 0 Å². The first-order valence-electron chi connectivity index (χ1n) is 7.71. The van der Waals surface area contributed by atoms with Crippen molar-refractivity contribution in [3.63, 3.8) is 0 Å². The maximum absolute atomic E-state index is 8.60. The first-order chi connectivity index (χ1) is 10.8. The van der Waals surface area contributed by atoms with Crippen LogP contribution in [-0.4, -0.2) is 25.5 Å². The Kier molecular flexibility index (Phi) is 4.49. The minimum Gasteiger partial charge on any atom is -0.497 e. The number of ether oxygens (including phenoxy) is 1. The third kappa shape index (κ3) is 2.88. The molecule has 1 aliphatic carbocycles. The maximum Gasteiger partial charge on any atom is 0.131 e. The molecule has 0 unspecified atom stereocenters. The molecule has 22 heavy (non-hydrogen) atoms. The van der Waals surface area contributed by atoms with Crippen molar-refractivity contribution >= 4 is 5.71 Å². The second-order valence-corrected chi connectivity index (χ2v) is 5.81. The maximum atomic E-state index is 8.60. The third-order valence-electron chi connectivity index (χ3n) is 4.62. The van der Waals surface area contributed by atoms with E-state index in [1.807, 2.05) is 12.1 Å². The van der Waals surface area contributed by atoms with Crippen LogP contribution in [0.2, 0.25) is 0 Å². The molecule has 116 valence electrons. The molecule has 1 aromatic rings. The third-order valence-corrected chi connectivity index (χ3v) is 4.62. The average molecular weight is 300 g/mol. The van der Waals surface area contributed by atoms with Crippen LogP contribution >= 0.6 is 0 Å². The molecule has 1 aliphatic heterocycles. The summed E-state index contributed by atoms with van der Waals surface area (Å²) in [5, 5.41) is 7.96. The molecule has 0 spiro atoms. The van der Waals surface area contributed by atoms with Crippen molar-refractivity contribution in [2.75, 3.05) is 13.7 Å². The molecule has 0 N–H and O–H groups in total. The second kappa shape index (κ2) is 6.71. The van der Waals surface area contributed by atoms with Gasteiger partial charge in [0.05, 0.1) is 19.4 Å². The zero-order valence-corrected chi connectivity index (χ0v) is 12.7. The quantitative estimate of drug-likeness (QED) is 0.478. The number of nitrogens with zero attached hydrogens (tertiary/aromatic N) is 4. The molecule has 0 bridgehead atoms. The normalized spacial score (nSPS) is 27.0. The first-order valence-corrected chi connectivity index (χ1v) is 7.71. The van der Waals surface area contributed by atoms with Gasteiger partial charge in [0.15, 0.2) is 0 Å². The van der Waals surface area contributed by atoms with Crippen molar-refractivity contribution in [1.82, 2.24) is 0 Å². The molecular weight excluding hydrogens is 280 g/mol. The van der Waals surface area contributed by atoms with Gasteiger partial charge in [-0.3, -0.25) is 0 Å². The summed E-state index contributed by atoms with van der Waals surface area (Å²) in [6.07, 6.45) is 4.76. The first kappa shape index (κ1) is 14.7. The van der Waals surface area contributed by atoms with Crippen molar-refractivity contribution in [2.45, 2.75) is 37.7 Å². The van der Waals surface area contributed by atoms with Crippen molar-refractivity contribution in [3.8, 4) is 5.75 Å². The van der Waals surface area contributed by atoms with Crippen LogP contribution in [0.3, 0.4) is 0 Å². The molecule has 1 fully saturated rings. The standard InChI is InChI=1S/C16H20N4O2/c1-21-12-8-6-11(7-9-12)16-13-4-2-3-5-15(13)22-19-14(16)10-18-20-17/h6-9,13,15-16H,2-5,10H2,1H3/t13-,15+,16+/m1/s1. The lowest BCUT2D eigenvalue weighted by Crippen LogP contribution is -2.39. The highest BCUT2D eigenvalue weighted by Gasteiger charge is 2.40. The Morgan fingerprint density at radius 1 is 1.32 bits per heavy atom. The Hall–Kier alpha value is -2.20. The SMILES string of the molecule is COc1ccc([C@@H]2C(CN=[N+]=[N-])=NO[C@H]3CCCC[C@H]32)cc1. The fourth-order valence-electron chi connectivity index (χ4n) is 3.56. The summed E-state index contributed by atoms with van der Waals surface area (Å²) in [4.78, 5) is 8.53. The number of azide groups is 1. The van der Waals surface area contributed by atoms with E-state index in [9.17, 15) is 0 Å². The predicted molar refractivity (Wildman–Crippen MR) is 84.0 cm³/mol. The van der Waals surface area contributed by atoms with Gasteiger partial charge in [0.2, 0.25) is 0 Å². The monoisotopic (exact) mass is 300 g/mol. The lowest BCUT2D eigenvalue weighted by atomic mass is 9.72. The zero-order chi connectivity index (χ0) is 15.4. The Morgan fingerprint density at radius 2 is 2.09 bits per heavy atom. The van der Waals surface area contributed by atoms with Crippen LogP contribution in [-0.2, 0) is 4.84 Å². The smallest absolute Gasteiger partial charge is 0.131 e. The highest BCUT2D eigenvalue weighted by Crippen LogP contribution is 2.41. The van der Waals surface area contributed by atoms with Gasteiger partial charge in [-0.1, -0.05) is 28.8 Å². The zero-order valence-electron chi connectivity index (χ0n) is 12.7. The molecule has 1 heterocycles. The molecule has 6 nitrogen and oxygen atoms in total. The van der Waals surface area contributed by atoms with E-state index in [-0.39, 0.29) is 18.6 Å². The van der Waals surface area contributed by atoms with E-state index in [1.165, 1.54) is 18.4 Å². The Bertz CT molecular complexity index is 593. The van der Waals surface area contributed by atoms with Gasteiger partial charge in [-0.15, -0.1) is 0 Å². The number of hydrogen-bond donors (Lipinski definition) is 0. The molecule has 0 radical (unpaired) electrons. The lowest BCUT2D eigenvalue weighted by molar-refractivity contribution is -0.0249. The Morgan fingerprint density at radius 3 is 2.82 bits per heavy atom. The summed E-state index contributed by atoms with van der Waals surface area (Å²) in [5.41, 5.74) is 10.6. The van der Waals surface area contributed by atoms with E-state index in [1.54, 1.807) is 7.11 Å². The summed E-state index contributed by atoms with van der Waals surface area (Å²) >= 11 is 0. The van der Waals surface area contributed by atoms with Crippen molar-refractivity contribution in [3.05, 3.63) is 40.3 Å². The van der Waals surface area contributed by atoms with Gasteiger partial charge in [0.25, 0.3) is 0 Å². The van der Waals surface area contributed by atoms with E-state index in [0.29, 0.717) is 5.92 Å². The van der Waals surface area contributed by atoms with Gasteiger partial charge in [0.1, 0.15) is 11.9 Å². The van der Waals surface area contributed by atoms with Crippen LogP contribution in [0.15, 0.2) is 34.5 Å². The molecule has 1 aromatic carbocycles. The summed E-state index contributed by atoms with van der Waals surface area (Å²) < 4.78 is 5.23. The molecule has 3 atom stereocenters. The van der Waals surface area contributed by atoms with Crippen molar-refractivity contribution in [1.29, 1.82) is 0 Å². The number of benzene rings is 1. The summed E-state index contributed by atoms with van der Waals surface area (Å²) in [6, 6.07) is 8.08. The molecule has 0 aromatic heterocycles. The predicted octanol–water partition coefficient (Wildman–Crippen LogP) is 4.03. The molecule has 1 saturated carbocycles. The summed E-state index contributed by atoms with van der Waals surface area (Å²) in [7, 11) is 1.66. The van der Waals surface area contributed by atoms with E-state index >= 15 is 0 Å². The van der Waals surface area contributed by atoms with Gasteiger partial charge >= 0.3 is 0 Å². The second-order valence-electron chi connectivity index (χ2n) is 5.81. The van der Waals surface area contributed by atoms with Crippen molar-refractivity contribution < 1.29 is 9.57 Å². The fourth-order valence-corrected chi connectivity index (χ4v) is 3.56. The molecular formula is C16H20N4O2. The summed E-state index contributed by atoms with van der Waals surface area (Å²) in [5.74, 6) is 1.41. The van der Waals surface area contributed by atoms with Gasteiger partial charge in [-0.05, 0) is 42.5 Å². The van der Waals surface area contributed by atoms with E-state index in [4.69, 9.17) is 15.1 Å². The molecule has 0 saturated heterocycles. The van der Waals surface area contributed by atoms with E-state index in [2.05, 4.69) is 27.3 Å². The van der Waals surface area contributed by atoms with Crippen LogP contribution in [0.5, 0.6) is 5.75 Å². The fraction of sp³-hybridized carbons (Fsp3) is 0.562. The molecule has 6 heteroatoms.